The predicted octanol–water partition coefficient (Wildman–Crippen LogP) is 3.11. The van der Waals surface area contributed by atoms with Crippen LogP contribution in [0.1, 0.15) is 11.7 Å². The Bertz CT molecular complexity index is 583. The van der Waals surface area contributed by atoms with E-state index in [9.17, 15) is 10.1 Å². The van der Waals surface area contributed by atoms with E-state index < -0.39 is 4.92 Å². The van der Waals surface area contributed by atoms with Crippen LogP contribution in [0.3, 0.4) is 0 Å². The second-order valence-corrected chi connectivity index (χ2v) is 4.80. The highest BCUT2D eigenvalue weighted by molar-refractivity contribution is 14.1. The van der Waals surface area contributed by atoms with Crippen LogP contribution in [0, 0.1) is 20.6 Å². The normalized spacial score (nSPS) is 10.3. The summed E-state index contributed by atoms with van der Waals surface area (Å²) < 4.78 is 6.11. The van der Waals surface area contributed by atoms with Gasteiger partial charge in [-0.3, -0.25) is 10.1 Å². The van der Waals surface area contributed by atoms with E-state index in [1.54, 1.807) is 12.3 Å². The van der Waals surface area contributed by atoms with E-state index in [4.69, 9.17) is 4.42 Å². The molecule has 1 aromatic heterocycles. The Hall–Kier alpha value is -1.64. The Labute approximate surface area is 117 Å². The maximum Gasteiger partial charge on any atom is 0.270 e. The molecule has 2 aromatic rings. The minimum Gasteiger partial charge on any atom is -0.444 e. The maximum atomic E-state index is 10.6. The van der Waals surface area contributed by atoms with Crippen LogP contribution in [0.25, 0.3) is 0 Å². The van der Waals surface area contributed by atoms with Gasteiger partial charge < -0.3 is 9.73 Å². The number of benzene rings is 1. The van der Waals surface area contributed by atoms with E-state index >= 15 is 0 Å². The van der Waals surface area contributed by atoms with E-state index in [0.29, 0.717) is 12.4 Å². The molecule has 0 saturated heterocycles. The monoisotopic (exact) mass is 359 g/mol. The molecule has 0 aliphatic rings. The van der Waals surface area contributed by atoms with Gasteiger partial charge in [0.05, 0.1) is 17.7 Å². The molecule has 0 unspecified atom stereocenters. The molecule has 0 bridgehead atoms. The number of anilines is 1. The third-order valence-electron chi connectivity index (χ3n) is 2.26. The first-order valence-corrected chi connectivity index (χ1v) is 6.23. The number of non-ortho nitro benzene ring substituents is 1. The first-order chi connectivity index (χ1) is 8.56. The number of aromatic nitrogens is 1. The average Bonchev–Trinajstić information content (AvgIpc) is 2.73. The van der Waals surface area contributed by atoms with Crippen molar-refractivity contribution >= 4 is 34.0 Å². The Balaban J connectivity index is 2.08. The van der Waals surface area contributed by atoms with E-state index in [0.717, 1.165) is 15.0 Å². The number of oxazole rings is 1. The molecule has 2 rings (SSSR count). The first-order valence-electron chi connectivity index (χ1n) is 5.15. The molecule has 18 heavy (non-hydrogen) atoms. The fraction of sp³-hybridized carbons (Fsp3) is 0.182. The van der Waals surface area contributed by atoms with Crippen molar-refractivity contribution in [3.63, 3.8) is 0 Å². The molecule has 0 aliphatic heterocycles. The molecule has 0 spiro atoms. The van der Waals surface area contributed by atoms with Crippen LogP contribution in [-0.2, 0) is 6.54 Å². The second kappa shape index (κ2) is 5.34. The molecule has 94 valence electrons. The fourth-order valence-corrected chi connectivity index (χ4v) is 2.10. The minimum absolute atomic E-state index is 0.0805. The molecule has 0 amide bonds. The van der Waals surface area contributed by atoms with Crippen LogP contribution in [0.15, 0.2) is 28.8 Å². The van der Waals surface area contributed by atoms with Crippen LogP contribution < -0.4 is 5.32 Å². The Kier molecular flexibility index (Phi) is 3.80. The topological polar surface area (TPSA) is 81.2 Å². The van der Waals surface area contributed by atoms with Crippen molar-refractivity contribution in [3.05, 3.63) is 49.7 Å². The molecule has 1 heterocycles. The summed E-state index contributed by atoms with van der Waals surface area (Å²) in [5.41, 5.74) is 0.897. The summed E-state index contributed by atoms with van der Waals surface area (Å²) >= 11 is 2.05. The van der Waals surface area contributed by atoms with Gasteiger partial charge in [-0.25, -0.2) is 4.98 Å². The fourth-order valence-electron chi connectivity index (χ4n) is 1.41. The number of rotatable bonds is 4. The highest BCUT2D eigenvalue weighted by Crippen LogP contribution is 2.24. The molecule has 1 N–H and O–H groups in total. The summed E-state index contributed by atoms with van der Waals surface area (Å²) in [5, 5.41) is 13.7. The zero-order valence-corrected chi connectivity index (χ0v) is 11.7. The molecule has 0 atom stereocenters. The third-order valence-corrected chi connectivity index (χ3v) is 3.16. The Morgan fingerprint density at radius 1 is 1.56 bits per heavy atom. The standard InChI is InChI=1S/C11H10IN3O3/c1-7-5-14-11(18-7)6-13-10-3-2-8(15(16)17)4-9(10)12/h2-5,13H,6H2,1H3. The molecular weight excluding hydrogens is 349 g/mol. The largest absolute Gasteiger partial charge is 0.444 e. The highest BCUT2D eigenvalue weighted by atomic mass is 127. The van der Waals surface area contributed by atoms with E-state index in [1.165, 1.54) is 12.1 Å². The van der Waals surface area contributed by atoms with Crippen molar-refractivity contribution in [1.29, 1.82) is 0 Å². The number of hydrogen-bond donors (Lipinski definition) is 1. The molecule has 0 radical (unpaired) electrons. The summed E-state index contributed by atoms with van der Waals surface area (Å²) in [6, 6.07) is 4.66. The van der Waals surface area contributed by atoms with Gasteiger partial charge in [-0.05, 0) is 35.6 Å². The zero-order valence-electron chi connectivity index (χ0n) is 9.51. The number of halogens is 1. The van der Waals surface area contributed by atoms with Gasteiger partial charge in [-0.1, -0.05) is 0 Å². The number of nitro groups is 1. The smallest absolute Gasteiger partial charge is 0.270 e. The number of nitrogens with one attached hydrogen (secondary N) is 1. The molecule has 0 aliphatic carbocycles. The van der Waals surface area contributed by atoms with Crippen molar-refractivity contribution < 1.29 is 9.34 Å². The molecule has 1 aromatic carbocycles. The lowest BCUT2D eigenvalue weighted by Gasteiger charge is -2.06. The summed E-state index contributed by atoms with van der Waals surface area (Å²) in [4.78, 5) is 14.3. The number of aryl methyl sites for hydroxylation is 1. The average molecular weight is 359 g/mol. The predicted molar refractivity (Wildman–Crippen MR) is 74.4 cm³/mol. The lowest BCUT2D eigenvalue weighted by molar-refractivity contribution is -0.384. The van der Waals surface area contributed by atoms with Crippen molar-refractivity contribution in [2.45, 2.75) is 13.5 Å². The van der Waals surface area contributed by atoms with E-state index in [1.807, 2.05) is 29.5 Å². The Morgan fingerprint density at radius 3 is 2.89 bits per heavy atom. The number of nitro benzene ring substituents is 1. The van der Waals surface area contributed by atoms with Gasteiger partial charge in [-0.15, -0.1) is 0 Å². The van der Waals surface area contributed by atoms with Gasteiger partial charge in [0.15, 0.2) is 0 Å². The van der Waals surface area contributed by atoms with Crippen LogP contribution in [0.2, 0.25) is 0 Å². The van der Waals surface area contributed by atoms with Crippen LogP contribution >= 0.6 is 22.6 Å². The summed E-state index contributed by atoms with van der Waals surface area (Å²) in [6.07, 6.45) is 1.65. The molecule has 0 fully saturated rings. The molecule has 6 nitrogen and oxygen atoms in total. The number of hydrogen-bond acceptors (Lipinski definition) is 5. The minimum atomic E-state index is -0.413. The van der Waals surface area contributed by atoms with Crippen LogP contribution in [0.4, 0.5) is 11.4 Å². The molecule has 7 heteroatoms. The Morgan fingerprint density at radius 2 is 2.33 bits per heavy atom. The summed E-state index contributed by atoms with van der Waals surface area (Å²) in [5.74, 6) is 1.34. The highest BCUT2D eigenvalue weighted by Gasteiger charge is 2.09. The lowest BCUT2D eigenvalue weighted by atomic mass is 10.3. The number of nitrogens with zero attached hydrogens (tertiary/aromatic N) is 2. The second-order valence-electron chi connectivity index (χ2n) is 3.64. The molecule has 0 saturated carbocycles. The van der Waals surface area contributed by atoms with Crippen molar-refractivity contribution in [1.82, 2.24) is 4.98 Å². The summed E-state index contributed by atoms with van der Waals surface area (Å²) in [7, 11) is 0. The van der Waals surface area contributed by atoms with Crippen molar-refractivity contribution in [2.24, 2.45) is 0 Å². The van der Waals surface area contributed by atoms with Gasteiger partial charge in [0.2, 0.25) is 5.89 Å². The van der Waals surface area contributed by atoms with Crippen molar-refractivity contribution in [2.75, 3.05) is 5.32 Å². The zero-order chi connectivity index (χ0) is 13.1. The first kappa shape index (κ1) is 12.8. The van der Waals surface area contributed by atoms with Gasteiger partial charge in [0.1, 0.15) is 5.76 Å². The van der Waals surface area contributed by atoms with E-state index in [2.05, 4.69) is 10.3 Å². The van der Waals surface area contributed by atoms with Crippen LogP contribution in [0.5, 0.6) is 0 Å². The summed E-state index contributed by atoms with van der Waals surface area (Å²) in [6.45, 7) is 2.27. The maximum absolute atomic E-state index is 10.6. The van der Waals surface area contributed by atoms with Gasteiger partial charge in [0.25, 0.3) is 5.69 Å². The SMILES string of the molecule is Cc1cnc(CNc2ccc([N+](=O)[O-])cc2I)o1. The molecular formula is C11H10IN3O3. The van der Waals surface area contributed by atoms with Crippen LogP contribution in [-0.4, -0.2) is 9.91 Å². The lowest BCUT2D eigenvalue weighted by Crippen LogP contribution is -2.01. The van der Waals surface area contributed by atoms with Gasteiger partial charge >= 0.3 is 0 Å². The third kappa shape index (κ3) is 2.97. The van der Waals surface area contributed by atoms with Crippen molar-refractivity contribution in [3.8, 4) is 0 Å². The van der Waals surface area contributed by atoms with Gasteiger partial charge in [-0.2, -0.15) is 0 Å². The van der Waals surface area contributed by atoms with Gasteiger partial charge in [0, 0.05) is 21.4 Å². The van der Waals surface area contributed by atoms with E-state index in [-0.39, 0.29) is 5.69 Å². The quantitative estimate of drug-likeness (QED) is 0.515.